The lowest BCUT2D eigenvalue weighted by Gasteiger charge is -2.31. The average Bonchev–Trinajstić information content (AvgIpc) is 3.17. The zero-order chi connectivity index (χ0) is 20.7. The Kier molecular flexibility index (Phi) is 5.22. The fraction of sp³-hybridized carbons (Fsp3) is 0.474. The van der Waals surface area contributed by atoms with Crippen molar-refractivity contribution in [3.8, 4) is 0 Å². The monoisotopic (exact) mass is 440 g/mol. The van der Waals surface area contributed by atoms with Crippen LogP contribution >= 0.6 is 0 Å². The molecule has 1 aliphatic carbocycles. The van der Waals surface area contributed by atoms with Crippen LogP contribution in [0.3, 0.4) is 0 Å². The Labute approximate surface area is 170 Å². The number of nitrogens with zero attached hydrogens (tertiary/aromatic N) is 1. The minimum atomic E-state index is -3.87. The minimum absolute atomic E-state index is 0.0162. The van der Waals surface area contributed by atoms with E-state index in [0.29, 0.717) is 42.8 Å². The maximum Gasteiger partial charge on any atom is 0.240 e. The Morgan fingerprint density at radius 2 is 1.90 bits per heavy atom. The van der Waals surface area contributed by atoms with Gasteiger partial charge in [-0.2, -0.15) is 0 Å². The van der Waals surface area contributed by atoms with Crippen molar-refractivity contribution in [1.29, 1.82) is 0 Å². The molecule has 1 atom stereocenters. The zero-order valence-corrected chi connectivity index (χ0v) is 17.5. The van der Waals surface area contributed by atoms with Gasteiger partial charge in [0.25, 0.3) is 0 Å². The molecule has 0 radical (unpaired) electrons. The van der Waals surface area contributed by atoms with Crippen LogP contribution in [0.1, 0.15) is 37.0 Å². The maximum atomic E-state index is 12.7. The van der Waals surface area contributed by atoms with Crippen molar-refractivity contribution >= 4 is 25.7 Å². The number of furan rings is 1. The van der Waals surface area contributed by atoms with E-state index in [0.717, 1.165) is 12.8 Å². The van der Waals surface area contributed by atoms with Crippen LogP contribution in [0.5, 0.6) is 0 Å². The molecule has 8 nitrogen and oxygen atoms in total. The molecule has 4 rings (SSSR count). The molecular formula is C19H24N2O6S2. The Morgan fingerprint density at radius 3 is 2.62 bits per heavy atom. The lowest BCUT2D eigenvalue weighted by atomic mass is 9.83. The number of rotatable bonds is 5. The van der Waals surface area contributed by atoms with Gasteiger partial charge in [-0.05, 0) is 56.0 Å². The number of sulfonamides is 2. The van der Waals surface area contributed by atoms with Crippen molar-refractivity contribution < 1.29 is 26.4 Å². The molecule has 0 amide bonds. The molecule has 2 aliphatic rings. The quantitative estimate of drug-likeness (QED) is 0.731. The van der Waals surface area contributed by atoms with E-state index in [1.165, 1.54) is 34.8 Å². The summed E-state index contributed by atoms with van der Waals surface area (Å²) in [5.41, 5.74) is -0.232. The van der Waals surface area contributed by atoms with E-state index >= 15 is 0 Å². The second-order valence-electron chi connectivity index (χ2n) is 7.56. The van der Waals surface area contributed by atoms with Crippen molar-refractivity contribution in [2.24, 2.45) is 0 Å². The Morgan fingerprint density at radius 1 is 1.14 bits per heavy atom. The van der Waals surface area contributed by atoms with Gasteiger partial charge in [0, 0.05) is 25.1 Å². The van der Waals surface area contributed by atoms with Gasteiger partial charge in [0.15, 0.2) is 0 Å². The standard InChI is InChI=1S/C19H24N2O6S2/c22-19(10-3-4-18-17(19)9-12-27-18)14-20-29(25,26)16-7-5-15(6-8-16)21-11-1-2-13-28(21,23)24/h5-9,12,20,22H,1-4,10-11,13-14H2. The van der Waals surface area contributed by atoms with Crippen LogP contribution in [0.2, 0.25) is 0 Å². The highest BCUT2D eigenvalue weighted by Gasteiger charge is 2.37. The van der Waals surface area contributed by atoms with Gasteiger partial charge in [-0.1, -0.05) is 0 Å². The van der Waals surface area contributed by atoms with Crippen LogP contribution in [0, 0.1) is 0 Å². The first-order chi connectivity index (χ1) is 13.7. The molecule has 2 heterocycles. The third kappa shape index (κ3) is 3.94. The molecule has 0 spiro atoms. The van der Waals surface area contributed by atoms with Gasteiger partial charge in [0.2, 0.25) is 20.0 Å². The lowest BCUT2D eigenvalue weighted by Crippen LogP contribution is -2.42. The van der Waals surface area contributed by atoms with Crippen molar-refractivity contribution in [3.05, 3.63) is 47.9 Å². The normalized spacial score (nSPS) is 24.2. The first kappa shape index (κ1) is 20.4. The van der Waals surface area contributed by atoms with Crippen molar-refractivity contribution in [3.63, 3.8) is 0 Å². The fourth-order valence-corrected chi connectivity index (χ4v) is 6.71. The third-order valence-electron chi connectivity index (χ3n) is 5.58. The predicted molar refractivity (Wildman–Crippen MR) is 108 cm³/mol. The van der Waals surface area contributed by atoms with Crippen LogP contribution in [0.25, 0.3) is 0 Å². The van der Waals surface area contributed by atoms with E-state index in [1.54, 1.807) is 6.07 Å². The molecule has 10 heteroatoms. The smallest absolute Gasteiger partial charge is 0.240 e. The number of fused-ring (bicyclic) bond motifs is 1. The van der Waals surface area contributed by atoms with Crippen molar-refractivity contribution in [2.45, 2.75) is 42.6 Å². The first-order valence-corrected chi connectivity index (χ1v) is 12.7. The number of benzene rings is 1. The molecule has 1 aromatic carbocycles. The summed E-state index contributed by atoms with van der Waals surface area (Å²) in [5.74, 6) is 0.786. The molecule has 29 heavy (non-hydrogen) atoms. The van der Waals surface area contributed by atoms with Crippen molar-refractivity contribution in [1.82, 2.24) is 4.72 Å². The largest absolute Gasteiger partial charge is 0.469 e. The predicted octanol–water partition coefficient (Wildman–Crippen LogP) is 1.71. The summed E-state index contributed by atoms with van der Waals surface area (Å²) in [7, 11) is -7.22. The highest BCUT2D eigenvalue weighted by Crippen LogP contribution is 2.36. The lowest BCUT2D eigenvalue weighted by molar-refractivity contribution is 0.0221. The molecule has 0 saturated carbocycles. The summed E-state index contributed by atoms with van der Waals surface area (Å²) in [4.78, 5) is 0.0162. The number of anilines is 1. The topological polar surface area (TPSA) is 117 Å². The zero-order valence-electron chi connectivity index (χ0n) is 15.9. The number of nitrogens with one attached hydrogen (secondary N) is 1. The second kappa shape index (κ2) is 7.42. The second-order valence-corrected chi connectivity index (χ2v) is 11.3. The van der Waals surface area contributed by atoms with Gasteiger partial charge >= 0.3 is 0 Å². The Bertz CT molecular complexity index is 1090. The van der Waals surface area contributed by atoms with Crippen LogP contribution in [-0.4, -0.2) is 40.8 Å². The van der Waals surface area contributed by atoms with Gasteiger partial charge in [-0.3, -0.25) is 4.31 Å². The molecule has 1 saturated heterocycles. The van der Waals surface area contributed by atoms with Gasteiger partial charge in [0.05, 0.1) is 22.6 Å². The molecule has 1 unspecified atom stereocenters. The van der Waals surface area contributed by atoms with Crippen LogP contribution in [0.15, 0.2) is 45.9 Å². The number of hydrogen-bond acceptors (Lipinski definition) is 6. The number of aliphatic hydroxyl groups is 1. The molecule has 2 N–H and O–H groups in total. The third-order valence-corrected chi connectivity index (χ3v) is 8.87. The summed E-state index contributed by atoms with van der Waals surface area (Å²) >= 11 is 0. The molecule has 1 aliphatic heterocycles. The summed E-state index contributed by atoms with van der Waals surface area (Å²) in [6.45, 7) is 0.233. The fourth-order valence-electron chi connectivity index (χ4n) is 3.98. The Hall–Kier alpha value is -1.88. The number of aryl methyl sites for hydroxylation is 1. The van der Waals surface area contributed by atoms with Gasteiger partial charge in [0.1, 0.15) is 11.4 Å². The number of hydrogen-bond donors (Lipinski definition) is 2. The van der Waals surface area contributed by atoms with E-state index in [2.05, 4.69) is 4.72 Å². The van der Waals surface area contributed by atoms with Crippen LogP contribution in [0.4, 0.5) is 5.69 Å². The molecule has 1 aromatic heterocycles. The van der Waals surface area contributed by atoms with E-state index in [9.17, 15) is 21.9 Å². The first-order valence-electron chi connectivity index (χ1n) is 9.61. The van der Waals surface area contributed by atoms with E-state index in [-0.39, 0.29) is 17.2 Å². The van der Waals surface area contributed by atoms with E-state index < -0.39 is 25.6 Å². The summed E-state index contributed by atoms with van der Waals surface area (Å²) < 4.78 is 59.0. The maximum absolute atomic E-state index is 12.7. The van der Waals surface area contributed by atoms with Gasteiger partial charge in [-0.25, -0.2) is 21.6 Å². The average molecular weight is 441 g/mol. The summed E-state index contributed by atoms with van der Waals surface area (Å²) in [5, 5.41) is 10.9. The van der Waals surface area contributed by atoms with Gasteiger partial charge in [-0.15, -0.1) is 0 Å². The van der Waals surface area contributed by atoms with Crippen molar-refractivity contribution in [2.75, 3.05) is 23.1 Å². The molecule has 1 fully saturated rings. The van der Waals surface area contributed by atoms with E-state index in [4.69, 9.17) is 4.42 Å². The van der Waals surface area contributed by atoms with E-state index in [1.807, 2.05) is 0 Å². The highest BCUT2D eigenvalue weighted by atomic mass is 32.2. The summed E-state index contributed by atoms with van der Waals surface area (Å²) in [6.07, 6.45) is 4.78. The summed E-state index contributed by atoms with van der Waals surface area (Å²) in [6, 6.07) is 7.45. The molecule has 158 valence electrons. The Balaban J connectivity index is 1.50. The highest BCUT2D eigenvalue weighted by molar-refractivity contribution is 7.92. The van der Waals surface area contributed by atoms with Crippen LogP contribution < -0.4 is 9.03 Å². The molecule has 2 aromatic rings. The minimum Gasteiger partial charge on any atom is -0.469 e. The molecule has 0 bridgehead atoms. The SMILES string of the molecule is O=S(=O)(NCC1(O)CCCc2occc21)c1ccc(N2CCCCS2(=O)=O)cc1. The van der Waals surface area contributed by atoms with Gasteiger partial charge < -0.3 is 9.52 Å². The molecular weight excluding hydrogens is 416 g/mol. The van der Waals surface area contributed by atoms with Crippen LogP contribution in [-0.2, 0) is 32.1 Å².